The van der Waals surface area contributed by atoms with Crippen LogP contribution >= 0.6 is 0 Å². The van der Waals surface area contributed by atoms with Crippen LogP contribution < -0.4 is 5.73 Å². The summed E-state index contributed by atoms with van der Waals surface area (Å²) in [5.74, 6) is 2.51. The van der Waals surface area contributed by atoms with Crippen LogP contribution in [0.4, 0.5) is 0 Å². The lowest BCUT2D eigenvalue weighted by Gasteiger charge is -2.29. The molecule has 0 aliphatic heterocycles. The number of benzene rings is 1. The van der Waals surface area contributed by atoms with Crippen molar-refractivity contribution in [3.63, 3.8) is 0 Å². The predicted octanol–water partition coefficient (Wildman–Crippen LogP) is 3.31. The molecule has 4 atom stereocenters. The Kier molecular flexibility index (Phi) is 2.72. The third-order valence-electron chi connectivity index (χ3n) is 4.49. The van der Waals surface area contributed by atoms with Gasteiger partial charge in [0, 0.05) is 6.04 Å². The van der Waals surface area contributed by atoms with E-state index in [-0.39, 0.29) is 0 Å². The van der Waals surface area contributed by atoms with Crippen molar-refractivity contribution in [2.24, 2.45) is 17.6 Å². The zero-order chi connectivity index (χ0) is 11.0. The van der Waals surface area contributed by atoms with Crippen molar-refractivity contribution in [3.05, 3.63) is 35.9 Å². The second-order valence-electron chi connectivity index (χ2n) is 5.53. The molecule has 16 heavy (non-hydrogen) atoms. The molecule has 1 nitrogen and oxygen atoms in total. The molecule has 0 radical (unpaired) electrons. The molecule has 2 saturated carbocycles. The van der Waals surface area contributed by atoms with Crippen molar-refractivity contribution in [2.45, 2.75) is 44.1 Å². The highest BCUT2D eigenvalue weighted by molar-refractivity contribution is 5.26. The van der Waals surface area contributed by atoms with Crippen molar-refractivity contribution in [1.82, 2.24) is 0 Å². The highest BCUT2D eigenvalue weighted by atomic mass is 14.7. The van der Waals surface area contributed by atoms with E-state index in [1.54, 1.807) is 0 Å². The molecule has 1 aromatic rings. The molecular formula is C15H21N. The van der Waals surface area contributed by atoms with Gasteiger partial charge in [0.25, 0.3) is 0 Å². The molecule has 2 aliphatic carbocycles. The average molecular weight is 215 g/mol. The number of nitrogens with two attached hydrogens (primary N) is 1. The highest BCUT2D eigenvalue weighted by Gasteiger charge is 2.45. The molecule has 3 rings (SSSR count). The Morgan fingerprint density at radius 2 is 1.69 bits per heavy atom. The van der Waals surface area contributed by atoms with Crippen molar-refractivity contribution in [2.75, 3.05) is 0 Å². The van der Waals surface area contributed by atoms with Crippen LogP contribution in [0, 0.1) is 11.8 Å². The Labute approximate surface area is 98.0 Å². The summed E-state index contributed by atoms with van der Waals surface area (Å²) >= 11 is 0. The van der Waals surface area contributed by atoms with Gasteiger partial charge >= 0.3 is 0 Å². The van der Waals surface area contributed by atoms with Crippen molar-refractivity contribution in [1.29, 1.82) is 0 Å². The van der Waals surface area contributed by atoms with Gasteiger partial charge in [0.05, 0.1) is 0 Å². The van der Waals surface area contributed by atoms with Crippen molar-refractivity contribution >= 4 is 0 Å². The maximum absolute atomic E-state index is 6.26. The minimum Gasteiger partial charge on any atom is -0.327 e. The van der Waals surface area contributed by atoms with Crippen LogP contribution in [0.15, 0.2) is 30.3 Å². The smallest absolute Gasteiger partial charge is 0.00700 e. The van der Waals surface area contributed by atoms with Crippen LogP contribution in [0.25, 0.3) is 0 Å². The van der Waals surface area contributed by atoms with E-state index in [0.717, 1.165) is 17.8 Å². The van der Waals surface area contributed by atoms with Crippen LogP contribution in [0.1, 0.15) is 43.6 Å². The molecule has 2 aliphatic rings. The van der Waals surface area contributed by atoms with E-state index < -0.39 is 0 Å². The lowest BCUT2D eigenvalue weighted by molar-refractivity contribution is 0.273. The summed E-state index contributed by atoms with van der Waals surface area (Å²) < 4.78 is 0. The molecule has 2 fully saturated rings. The molecule has 0 saturated heterocycles. The molecule has 0 spiro atoms. The summed E-state index contributed by atoms with van der Waals surface area (Å²) in [5, 5.41) is 0. The topological polar surface area (TPSA) is 26.0 Å². The Bertz CT molecular complexity index is 346. The van der Waals surface area contributed by atoms with Crippen LogP contribution in [0.3, 0.4) is 0 Å². The van der Waals surface area contributed by atoms with Crippen molar-refractivity contribution in [3.8, 4) is 0 Å². The summed E-state index contributed by atoms with van der Waals surface area (Å²) in [5.41, 5.74) is 7.79. The van der Waals surface area contributed by atoms with E-state index in [1.165, 1.54) is 37.7 Å². The third kappa shape index (κ3) is 1.89. The van der Waals surface area contributed by atoms with Gasteiger partial charge in [-0.15, -0.1) is 0 Å². The lowest BCUT2D eigenvalue weighted by atomic mass is 9.81. The third-order valence-corrected chi connectivity index (χ3v) is 4.49. The van der Waals surface area contributed by atoms with Gasteiger partial charge < -0.3 is 5.73 Å². The maximum Gasteiger partial charge on any atom is 0.00700 e. The van der Waals surface area contributed by atoms with E-state index in [4.69, 9.17) is 5.73 Å². The molecule has 1 aromatic carbocycles. The summed E-state index contributed by atoms with van der Waals surface area (Å²) in [6, 6.07) is 11.5. The molecule has 86 valence electrons. The lowest BCUT2D eigenvalue weighted by Crippen LogP contribution is -2.34. The van der Waals surface area contributed by atoms with Crippen LogP contribution in [-0.4, -0.2) is 6.04 Å². The molecule has 0 heterocycles. The predicted molar refractivity (Wildman–Crippen MR) is 67.2 cm³/mol. The van der Waals surface area contributed by atoms with Gasteiger partial charge in [-0.3, -0.25) is 0 Å². The van der Waals surface area contributed by atoms with Crippen molar-refractivity contribution < 1.29 is 0 Å². The SMILES string of the molecule is NC1CCCCC1C1CC1c1ccccc1. The summed E-state index contributed by atoms with van der Waals surface area (Å²) in [6.07, 6.45) is 6.75. The van der Waals surface area contributed by atoms with E-state index >= 15 is 0 Å². The van der Waals surface area contributed by atoms with Gasteiger partial charge in [0.15, 0.2) is 0 Å². The summed E-state index contributed by atoms with van der Waals surface area (Å²) in [6.45, 7) is 0. The Balaban J connectivity index is 1.67. The zero-order valence-electron chi connectivity index (χ0n) is 9.81. The monoisotopic (exact) mass is 215 g/mol. The average Bonchev–Trinajstić information content (AvgIpc) is 3.11. The fraction of sp³-hybridized carbons (Fsp3) is 0.600. The summed E-state index contributed by atoms with van der Waals surface area (Å²) in [7, 11) is 0. The molecule has 1 heteroatoms. The van der Waals surface area contributed by atoms with Crippen LogP contribution in [-0.2, 0) is 0 Å². The standard InChI is InChI=1S/C15H21N/c16-15-9-5-4-8-12(15)14-10-13(14)11-6-2-1-3-7-11/h1-3,6-7,12-15H,4-5,8-10,16H2. The normalized spacial score (nSPS) is 38.3. The summed E-state index contributed by atoms with van der Waals surface area (Å²) in [4.78, 5) is 0. The molecule has 2 N–H and O–H groups in total. The minimum atomic E-state index is 0.479. The second-order valence-corrected chi connectivity index (χ2v) is 5.53. The van der Waals surface area contributed by atoms with Gasteiger partial charge in [-0.05, 0) is 42.6 Å². The number of rotatable bonds is 2. The Morgan fingerprint density at radius 1 is 0.938 bits per heavy atom. The Hall–Kier alpha value is -0.820. The molecular weight excluding hydrogens is 194 g/mol. The first kappa shape index (κ1) is 10.3. The molecule has 4 unspecified atom stereocenters. The fourth-order valence-electron chi connectivity index (χ4n) is 3.49. The van der Waals surface area contributed by atoms with E-state index in [2.05, 4.69) is 30.3 Å². The van der Waals surface area contributed by atoms with E-state index in [1.807, 2.05) is 0 Å². The fourth-order valence-corrected chi connectivity index (χ4v) is 3.49. The first-order valence-corrected chi connectivity index (χ1v) is 6.67. The first-order valence-electron chi connectivity index (χ1n) is 6.67. The van der Waals surface area contributed by atoms with Gasteiger partial charge in [-0.2, -0.15) is 0 Å². The van der Waals surface area contributed by atoms with Crippen LogP contribution in [0.2, 0.25) is 0 Å². The second kappa shape index (κ2) is 4.21. The van der Waals surface area contributed by atoms with Gasteiger partial charge in [0.2, 0.25) is 0 Å². The molecule has 0 amide bonds. The largest absolute Gasteiger partial charge is 0.327 e. The zero-order valence-corrected chi connectivity index (χ0v) is 9.81. The van der Waals surface area contributed by atoms with Crippen LogP contribution in [0.5, 0.6) is 0 Å². The van der Waals surface area contributed by atoms with E-state index in [9.17, 15) is 0 Å². The van der Waals surface area contributed by atoms with E-state index in [0.29, 0.717) is 6.04 Å². The minimum absolute atomic E-state index is 0.479. The number of hydrogen-bond acceptors (Lipinski definition) is 1. The van der Waals surface area contributed by atoms with Gasteiger partial charge in [-0.1, -0.05) is 43.2 Å². The van der Waals surface area contributed by atoms with Gasteiger partial charge in [0.1, 0.15) is 0 Å². The quantitative estimate of drug-likeness (QED) is 0.804. The first-order chi connectivity index (χ1) is 7.86. The molecule has 0 bridgehead atoms. The Morgan fingerprint density at radius 3 is 2.44 bits per heavy atom. The molecule has 0 aromatic heterocycles. The maximum atomic E-state index is 6.26. The van der Waals surface area contributed by atoms with Gasteiger partial charge in [-0.25, -0.2) is 0 Å². The highest BCUT2D eigenvalue weighted by Crippen LogP contribution is 2.54. The number of hydrogen-bond donors (Lipinski definition) is 1.